The maximum absolute atomic E-state index is 12.0. The number of hydrogen-bond acceptors (Lipinski definition) is 3. The number of carbonyl (C=O) groups excluding carboxylic acids is 2. The molecule has 1 rings (SSSR count). The fourth-order valence-electron chi connectivity index (χ4n) is 3.02. The topological polar surface area (TPSA) is 95.5 Å². The van der Waals surface area contributed by atoms with Crippen molar-refractivity contribution in [1.29, 1.82) is 0 Å². The first-order valence-electron chi connectivity index (χ1n) is 8.19. The van der Waals surface area contributed by atoms with Crippen LogP contribution in [0.5, 0.6) is 0 Å². The highest BCUT2D eigenvalue weighted by atomic mass is 16.4. The molecule has 2 amide bonds. The molecule has 2 unspecified atom stereocenters. The van der Waals surface area contributed by atoms with Gasteiger partial charge in [-0.3, -0.25) is 14.4 Å². The van der Waals surface area contributed by atoms with Crippen LogP contribution in [0.4, 0.5) is 0 Å². The number of aliphatic carboxylic acids is 1. The van der Waals surface area contributed by atoms with Gasteiger partial charge in [0.15, 0.2) is 0 Å². The molecule has 6 heteroatoms. The van der Waals surface area contributed by atoms with E-state index < -0.39 is 17.4 Å². The molecule has 1 aliphatic carbocycles. The van der Waals surface area contributed by atoms with Crippen molar-refractivity contribution in [2.75, 3.05) is 6.54 Å². The van der Waals surface area contributed by atoms with E-state index in [1.807, 2.05) is 13.8 Å². The predicted molar refractivity (Wildman–Crippen MR) is 83.3 cm³/mol. The molecule has 6 nitrogen and oxygen atoms in total. The summed E-state index contributed by atoms with van der Waals surface area (Å²) in [5.41, 5.74) is -0.675. The Hall–Kier alpha value is -1.59. The van der Waals surface area contributed by atoms with Gasteiger partial charge >= 0.3 is 5.97 Å². The summed E-state index contributed by atoms with van der Waals surface area (Å²) in [4.78, 5) is 34.9. The number of amides is 2. The van der Waals surface area contributed by atoms with Gasteiger partial charge in [-0.1, -0.05) is 19.8 Å². The van der Waals surface area contributed by atoms with E-state index in [0.717, 1.165) is 19.3 Å². The summed E-state index contributed by atoms with van der Waals surface area (Å²) in [6, 6.07) is 0. The van der Waals surface area contributed by atoms with E-state index in [1.165, 1.54) is 0 Å². The van der Waals surface area contributed by atoms with Crippen molar-refractivity contribution in [2.45, 2.75) is 70.8 Å². The zero-order valence-electron chi connectivity index (χ0n) is 13.6. The number of hydrogen-bond donors (Lipinski definition) is 3. The largest absolute Gasteiger partial charge is 0.481 e. The first-order valence-corrected chi connectivity index (χ1v) is 8.19. The van der Waals surface area contributed by atoms with E-state index in [-0.39, 0.29) is 18.2 Å². The van der Waals surface area contributed by atoms with Gasteiger partial charge in [0.1, 0.15) is 0 Å². The highest BCUT2D eigenvalue weighted by Gasteiger charge is 2.41. The van der Waals surface area contributed by atoms with Crippen LogP contribution in [0, 0.1) is 5.92 Å². The van der Waals surface area contributed by atoms with E-state index in [1.54, 1.807) is 0 Å². The molecule has 0 bridgehead atoms. The summed E-state index contributed by atoms with van der Waals surface area (Å²) in [6.07, 6.45) is 5.06. The van der Waals surface area contributed by atoms with E-state index in [9.17, 15) is 19.5 Å². The lowest BCUT2D eigenvalue weighted by atomic mass is 9.74. The molecule has 2 atom stereocenters. The summed E-state index contributed by atoms with van der Waals surface area (Å²) in [7, 11) is 0. The predicted octanol–water partition coefficient (Wildman–Crippen LogP) is 1.83. The van der Waals surface area contributed by atoms with E-state index in [4.69, 9.17) is 0 Å². The second-order valence-electron chi connectivity index (χ2n) is 6.31. The molecule has 1 fully saturated rings. The Bertz CT molecular complexity index is 411. The number of carboxylic acid groups (broad SMARTS) is 1. The fraction of sp³-hybridized carbons (Fsp3) is 0.812. The molecule has 1 aliphatic rings. The van der Waals surface area contributed by atoms with Crippen LogP contribution in [0.25, 0.3) is 0 Å². The average molecular weight is 312 g/mol. The molecule has 0 radical (unpaired) electrons. The van der Waals surface area contributed by atoms with Gasteiger partial charge in [0.2, 0.25) is 11.8 Å². The molecule has 0 spiro atoms. The smallest absolute Gasteiger partial charge is 0.308 e. The van der Waals surface area contributed by atoms with Crippen LogP contribution in [0.1, 0.15) is 65.2 Å². The standard InChI is InChI=1S/C16H28N2O4/c1-3-11-17-13(19)8-6-9-14(20)18-16(2)10-5-4-7-12(16)15(21)22/h12H,3-11H2,1-2H3,(H,17,19)(H,18,20)(H,21,22). The van der Waals surface area contributed by atoms with E-state index in [0.29, 0.717) is 32.2 Å². The molecule has 0 aliphatic heterocycles. The molecule has 0 saturated heterocycles. The van der Waals surface area contributed by atoms with Gasteiger partial charge in [-0.2, -0.15) is 0 Å². The Labute approximate surface area is 132 Å². The lowest BCUT2D eigenvalue weighted by Gasteiger charge is -2.39. The number of carbonyl (C=O) groups is 3. The van der Waals surface area contributed by atoms with Crippen LogP contribution < -0.4 is 10.6 Å². The molecule has 3 N–H and O–H groups in total. The molecule has 126 valence electrons. The lowest BCUT2D eigenvalue weighted by Crippen LogP contribution is -2.55. The quantitative estimate of drug-likeness (QED) is 0.637. The average Bonchev–Trinajstić information content (AvgIpc) is 2.44. The first-order chi connectivity index (χ1) is 10.4. The number of carboxylic acids is 1. The summed E-state index contributed by atoms with van der Waals surface area (Å²) in [5, 5.41) is 15.0. The molecular weight excluding hydrogens is 284 g/mol. The van der Waals surface area contributed by atoms with Crippen molar-refractivity contribution >= 4 is 17.8 Å². The summed E-state index contributed by atoms with van der Waals surface area (Å²) in [6.45, 7) is 4.46. The first kappa shape index (κ1) is 18.5. The lowest BCUT2D eigenvalue weighted by molar-refractivity contribution is -0.146. The van der Waals surface area contributed by atoms with Crippen molar-refractivity contribution in [3.63, 3.8) is 0 Å². The van der Waals surface area contributed by atoms with Crippen LogP contribution in [-0.2, 0) is 14.4 Å². The SMILES string of the molecule is CCCNC(=O)CCCC(=O)NC1(C)CCCCC1C(=O)O. The van der Waals surface area contributed by atoms with Crippen molar-refractivity contribution in [2.24, 2.45) is 5.92 Å². The number of nitrogens with one attached hydrogen (secondary N) is 2. The Morgan fingerprint density at radius 1 is 1.18 bits per heavy atom. The molecule has 0 aromatic rings. The highest BCUT2D eigenvalue weighted by molar-refractivity contribution is 5.80. The van der Waals surface area contributed by atoms with Gasteiger partial charge in [-0.25, -0.2) is 0 Å². The molecular formula is C16H28N2O4. The zero-order chi connectivity index (χ0) is 16.6. The minimum Gasteiger partial charge on any atom is -0.481 e. The fourth-order valence-corrected chi connectivity index (χ4v) is 3.02. The third-order valence-corrected chi connectivity index (χ3v) is 4.31. The van der Waals surface area contributed by atoms with Crippen molar-refractivity contribution in [3.8, 4) is 0 Å². The van der Waals surface area contributed by atoms with Gasteiger partial charge in [0, 0.05) is 19.4 Å². The Morgan fingerprint density at radius 3 is 2.50 bits per heavy atom. The Morgan fingerprint density at radius 2 is 1.86 bits per heavy atom. The van der Waals surface area contributed by atoms with Crippen molar-refractivity contribution < 1.29 is 19.5 Å². The van der Waals surface area contributed by atoms with E-state index >= 15 is 0 Å². The van der Waals surface area contributed by atoms with E-state index in [2.05, 4.69) is 10.6 Å². The van der Waals surface area contributed by atoms with Crippen LogP contribution in [0.15, 0.2) is 0 Å². The van der Waals surface area contributed by atoms with Gasteiger partial charge in [0.05, 0.1) is 11.5 Å². The Balaban J connectivity index is 2.39. The van der Waals surface area contributed by atoms with Crippen molar-refractivity contribution in [3.05, 3.63) is 0 Å². The second kappa shape index (κ2) is 8.76. The molecule has 1 saturated carbocycles. The van der Waals surface area contributed by atoms with Gasteiger partial charge in [-0.15, -0.1) is 0 Å². The summed E-state index contributed by atoms with van der Waals surface area (Å²) < 4.78 is 0. The number of rotatable bonds is 8. The molecule has 0 heterocycles. The van der Waals surface area contributed by atoms with Crippen LogP contribution >= 0.6 is 0 Å². The zero-order valence-corrected chi connectivity index (χ0v) is 13.6. The summed E-state index contributed by atoms with van der Waals surface area (Å²) in [5.74, 6) is -1.58. The molecule has 0 aromatic heterocycles. The Kier molecular flexibility index (Phi) is 7.35. The van der Waals surface area contributed by atoms with Crippen LogP contribution in [-0.4, -0.2) is 35.0 Å². The minimum atomic E-state index is -0.846. The monoisotopic (exact) mass is 312 g/mol. The van der Waals surface area contributed by atoms with Crippen molar-refractivity contribution in [1.82, 2.24) is 10.6 Å². The molecule has 0 aromatic carbocycles. The normalized spacial score (nSPS) is 24.5. The maximum Gasteiger partial charge on any atom is 0.308 e. The summed E-state index contributed by atoms with van der Waals surface area (Å²) >= 11 is 0. The molecule has 22 heavy (non-hydrogen) atoms. The minimum absolute atomic E-state index is 0.0399. The highest BCUT2D eigenvalue weighted by Crippen LogP contribution is 2.33. The van der Waals surface area contributed by atoms with Gasteiger partial charge in [0.25, 0.3) is 0 Å². The van der Waals surface area contributed by atoms with Gasteiger partial charge < -0.3 is 15.7 Å². The second-order valence-corrected chi connectivity index (χ2v) is 6.31. The van der Waals surface area contributed by atoms with Gasteiger partial charge in [-0.05, 0) is 32.6 Å². The van der Waals surface area contributed by atoms with Crippen LogP contribution in [0.2, 0.25) is 0 Å². The third kappa shape index (κ3) is 5.66. The van der Waals surface area contributed by atoms with Crippen LogP contribution in [0.3, 0.4) is 0 Å². The maximum atomic E-state index is 12.0. The third-order valence-electron chi connectivity index (χ3n) is 4.31.